The van der Waals surface area contributed by atoms with Gasteiger partial charge in [-0.3, -0.25) is 19.8 Å². The van der Waals surface area contributed by atoms with Crippen molar-refractivity contribution >= 4 is 104 Å². The van der Waals surface area contributed by atoms with Crippen LogP contribution in [0.5, 0.6) is 0 Å². The highest BCUT2D eigenvalue weighted by Crippen LogP contribution is 2.33. The quantitative estimate of drug-likeness (QED) is 0.0951. The van der Waals surface area contributed by atoms with Crippen LogP contribution in [0.4, 0.5) is 17.1 Å². The maximum absolute atomic E-state index is 13.7. The number of carbonyl (C=O) groups is 3. The summed E-state index contributed by atoms with van der Waals surface area (Å²) in [6, 6.07) is 27.6. The van der Waals surface area contributed by atoms with Crippen LogP contribution in [-0.4, -0.2) is 23.3 Å². The Kier molecular flexibility index (Phi) is 8.61. The predicted octanol–water partition coefficient (Wildman–Crippen LogP) is 9.13. The normalized spacial score (nSPS) is 13.3. The lowest BCUT2D eigenvalue weighted by Crippen LogP contribution is -2.30. The molecule has 5 aromatic carbocycles. The van der Waals surface area contributed by atoms with Crippen molar-refractivity contribution < 1.29 is 14.4 Å². The zero-order valence-electron chi connectivity index (χ0n) is 23.0. The average molecular weight is 674 g/mol. The van der Waals surface area contributed by atoms with E-state index in [0.717, 1.165) is 10.8 Å². The van der Waals surface area contributed by atoms with Crippen molar-refractivity contribution in [3.63, 3.8) is 0 Å². The van der Waals surface area contributed by atoms with Crippen molar-refractivity contribution in [1.29, 1.82) is 0 Å². The number of hydrazone groups is 1. The minimum Gasteiger partial charge on any atom is -0.321 e. The Morgan fingerprint density at radius 1 is 0.622 bits per heavy atom. The number of rotatable bonds is 6. The van der Waals surface area contributed by atoms with Crippen LogP contribution in [0.15, 0.2) is 108 Å². The largest absolute Gasteiger partial charge is 0.321 e. The number of nitrogens with one attached hydrogen (secondary N) is 3. The minimum atomic E-state index is -0.585. The number of fused-ring (bicyclic) bond motifs is 2. The molecule has 1 aliphatic rings. The molecule has 0 saturated heterocycles. The summed E-state index contributed by atoms with van der Waals surface area (Å²) in [4.78, 5) is 40.2. The third kappa shape index (κ3) is 6.30. The van der Waals surface area contributed by atoms with Gasteiger partial charge in [0.25, 0.3) is 11.8 Å². The van der Waals surface area contributed by atoms with Crippen LogP contribution >= 0.6 is 46.4 Å². The molecule has 222 valence electrons. The Morgan fingerprint density at radius 2 is 1.33 bits per heavy atom. The third-order valence-electron chi connectivity index (χ3n) is 7.03. The Labute approximate surface area is 277 Å². The Hall–Kier alpha value is -4.66. The first kappa shape index (κ1) is 30.4. The van der Waals surface area contributed by atoms with E-state index < -0.39 is 17.6 Å². The number of Topliss-reactive ketones (excluding diaryl/α,β-unsaturated/α-hetero) is 1. The molecule has 0 fully saturated rings. The van der Waals surface area contributed by atoms with Crippen LogP contribution in [0.2, 0.25) is 20.1 Å². The minimum absolute atomic E-state index is 0.00433. The van der Waals surface area contributed by atoms with Crippen LogP contribution in [0, 0.1) is 0 Å². The summed E-state index contributed by atoms with van der Waals surface area (Å²) in [6.07, 6.45) is 1.54. The molecule has 0 bridgehead atoms. The van der Waals surface area contributed by atoms with Gasteiger partial charge in [0.1, 0.15) is 5.71 Å². The second-order valence-electron chi connectivity index (χ2n) is 9.92. The van der Waals surface area contributed by atoms with Gasteiger partial charge in [-0.25, -0.2) is 0 Å². The molecule has 0 radical (unpaired) electrons. The van der Waals surface area contributed by atoms with Crippen LogP contribution in [0.3, 0.4) is 0 Å². The lowest BCUT2D eigenvalue weighted by Gasteiger charge is -2.18. The van der Waals surface area contributed by atoms with Crippen molar-refractivity contribution in [2.75, 3.05) is 16.1 Å². The summed E-state index contributed by atoms with van der Waals surface area (Å²) >= 11 is 24.7. The predicted molar refractivity (Wildman–Crippen MR) is 183 cm³/mol. The fourth-order valence-electron chi connectivity index (χ4n) is 4.79. The molecule has 0 aromatic heterocycles. The summed E-state index contributed by atoms with van der Waals surface area (Å²) in [5.74, 6) is -1.66. The lowest BCUT2D eigenvalue weighted by molar-refractivity contribution is -0.116. The smallest absolute Gasteiger partial charge is 0.259 e. The van der Waals surface area contributed by atoms with E-state index in [-0.39, 0.29) is 48.3 Å². The van der Waals surface area contributed by atoms with E-state index in [9.17, 15) is 14.4 Å². The molecule has 0 saturated carbocycles. The molecule has 0 spiro atoms. The number of nitrogens with zero attached hydrogens (tertiary/aromatic N) is 1. The average Bonchev–Trinajstić information content (AvgIpc) is 3.03. The fourth-order valence-corrected chi connectivity index (χ4v) is 5.55. The van der Waals surface area contributed by atoms with Crippen LogP contribution in [0.1, 0.15) is 21.5 Å². The van der Waals surface area contributed by atoms with Gasteiger partial charge in [0.05, 0.1) is 37.0 Å². The van der Waals surface area contributed by atoms with Crippen LogP contribution in [-0.2, 0) is 9.59 Å². The molecule has 0 unspecified atom stereocenters. The van der Waals surface area contributed by atoms with Crippen molar-refractivity contribution in [3.8, 4) is 0 Å². The van der Waals surface area contributed by atoms with E-state index in [2.05, 4.69) is 21.2 Å². The molecular formula is C34H20Cl4N4O3. The Bertz CT molecular complexity index is 2100. The molecule has 0 heterocycles. The molecule has 11 heteroatoms. The number of benzene rings is 5. The molecule has 0 atom stereocenters. The van der Waals surface area contributed by atoms with Gasteiger partial charge in [-0.15, -0.1) is 0 Å². The topological polar surface area (TPSA) is 99.7 Å². The maximum Gasteiger partial charge on any atom is 0.259 e. The van der Waals surface area contributed by atoms with Gasteiger partial charge in [-0.05, 0) is 53.4 Å². The van der Waals surface area contributed by atoms with Crippen molar-refractivity contribution in [1.82, 2.24) is 0 Å². The number of anilines is 3. The molecule has 1 aliphatic carbocycles. The van der Waals surface area contributed by atoms with Crippen molar-refractivity contribution in [2.24, 2.45) is 5.10 Å². The Morgan fingerprint density at radius 3 is 2.18 bits per heavy atom. The molecule has 6 rings (SSSR count). The van der Waals surface area contributed by atoms with E-state index in [4.69, 9.17) is 46.4 Å². The van der Waals surface area contributed by atoms with Crippen LogP contribution in [0.25, 0.3) is 16.8 Å². The summed E-state index contributed by atoms with van der Waals surface area (Å²) < 4.78 is 0. The second-order valence-corrected chi connectivity index (χ2v) is 11.6. The van der Waals surface area contributed by atoms with Crippen molar-refractivity contribution in [3.05, 3.63) is 139 Å². The number of ketones is 1. The SMILES string of the molecule is O=C(Nc1cccc2ccccc12)C1=Cc2ccccc2C(=NNc2cc(C(=O)Nc3cc(Cl)c(Cl)cc3Cl)ccc2Cl)C1=O. The number of hydrogen-bond donors (Lipinski definition) is 3. The molecule has 3 N–H and O–H groups in total. The van der Waals surface area contributed by atoms with Crippen LogP contribution < -0.4 is 16.1 Å². The van der Waals surface area contributed by atoms with E-state index in [0.29, 0.717) is 16.8 Å². The van der Waals surface area contributed by atoms with Gasteiger partial charge in [0, 0.05) is 22.2 Å². The number of hydrogen-bond acceptors (Lipinski definition) is 5. The number of halogens is 4. The van der Waals surface area contributed by atoms with E-state index in [1.807, 2.05) is 36.4 Å². The van der Waals surface area contributed by atoms with Gasteiger partial charge in [0.15, 0.2) is 0 Å². The third-order valence-corrected chi connectivity index (χ3v) is 8.40. The van der Waals surface area contributed by atoms with Gasteiger partial charge in [-0.1, -0.05) is 107 Å². The molecule has 45 heavy (non-hydrogen) atoms. The van der Waals surface area contributed by atoms with Crippen molar-refractivity contribution in [2.45, 2.75) is 0 Å². The molecule has 7 nitrogen and oxygen atoms in total. The van der Waals surface area contributed by atoms with Gasteiger partial charge < -0.3 is 10.6 Å². The van der Waals surface area contributed by atoms with E-state index in [1.165, 1.54) is 30.3 Å². The fraction of sp³-hybridized carbons (Fsp3) is 0. The standard InChI is InChI=1S/C34H20Cl4N4O3/c35-24-13-12-20(33(44)40-29-17-26(37)25(36)16-27(29)38)15-30(24)41-42-31-22-10-4-2-7-19(22)14-23(32(31)43)34(45)39-28-11-5-8-18-6-1-3-9-21(18)28/h1-17,41H,(H,39,45)(H,40,44). The van der Waals surface area contributed by atoms with Gasteiger partial charge in [0.2, 0.25) is 5.78 Å². The summed E-state index contributed by atoms with van der Waals surface area (Å²) in [7, 11) is 0. The highest BCUT2D eigenvalue weighted by Gasteiger charge is 2.30. The number of amides is 2. The first-order valence-electron chi connectivity index (χ1n) is 13.4. The van der Waals surface area contributed by atoms with E-state index in [1.54, 1.807) is 36.4 Å². The highest BCUT2D eigenvalue weighted by atomic mass is 35.5. The van der Waals surface area contributed by atoms with Gasteiger partial charge >= 0.3 is 0 Å². The summed E-state index contributed by atoms with van der Waals surface area (Å²) in [5.41, 5.74) is 5.20. The summed E-state index contributed by atoms with van der Waals surface area (Å²) in [6.45, 7) is 0. The zero-order valence-corrected chi connectivity index (χ0v) is 26.0. The number of carbonyl (C=O) groups excluding carboxylic acids is 3. The highest BCUT2D eigenvalue weighted by molar-refractivity contribution is 6.59. The maximum atomic E-state index is 13.7. The lowest BCUT2D eigenvalue weighted by atomic mass is 9.89. The first-order chi connectivity index (χ1) is 21.7. The Balaban J connectivity index is 1.28. The summed E-state index contributed by atoms with van der Waals surface area (Å²) in [5, 5.41) is 12.6. The monoisotopic (exact) mass is 672 g/mol. The molecule has 0 aliphatic heterocycles. The van der Waals surface area contributed by atoms with Gasteiger partial charge in [-0.2, -0.15) is 5.10 Å². The second kappa shape index (κ2) is 12.8. The molecular weight excluding hydrogens is 654 g/mol. The first-order valence-corrected chi connectivity index (χ1v) is 14.9. The zero-order chi connectivity index (χ0) is 31.7. The van der Waals surface area contributed by atoms with E-state index >= 15 is 0 Å². The molecule has 5 aromatic rings. The molecule has 2 amide bonds.